The minimum Gasteiger partial charge on any atom is -0.496 e. The first-order valence-electron chi connectivity index (χ1n) is 9.77. The maximum absolute atomic E-state index is 13.2. The topological polar surface area (TPSA) is 60.3 Å². The molecule has 1 heterocycles. The number of thioether (sulfide) groups is 1. The van der Waals surface area contributed by atoms with Crippen molar-refractivity contribution in [2.75, 3.05) is 17.8 Å². The van der Waals surface area contributed by atoms with Crippen LogP contribution in [0.2, 0.25) is 0 Å². The second kappa shape index (κ2) is 9.49. The summed E-state index contributed by atoms with van der Waals surface area (Å²) >= 11 is 1.36. The number of hydrogen-bond acceptors (Lipinski definition) is 5. The first-order chi connectivity index (χ1) is 15.2. The third-order valence-corrected chi connectivity index (χ3v) is 5.79. The van der Waals surface area contributed by atoms with Gasteiger partial charge in [-0.15, -0.1) is 10.2 Å². The SMILES string of the molecule is COc1ccccc1-c1nnc(SCC(=O)N(c2ccccc2)c2ccccc2)n1C. The molecule has 0 atom stereocenters. The molecular formula is C24H22N4O2S. The van der Waals surface area contributed by atoms with E-state index in [1.807, 2.05) is 96.5 Å². The van der Waals surface area contributed by atoms with Crippen molar-refractivity contribution in [1.82, 2.24) is 14.8 Å². The maximum atomic E-state index is 13.2. The van der Waals surface area contributed by atoms with Crippen LogP contribution < -0.4 is 9.64 Å². The van der Waals surface area contributed by atoms with Gasteiger partial charge in [0.15, 0.2) is 11.0 Å². The molecule has 0 aliphatic heterocycles. The third kappa shape index (κ3) is 4.46. The number of carbonyl (C=O) groups excluding carboxylic acids is 1. The van der Waals surface area contributed by atoms with E-state index in [2.05, 4.69) is 10.2 Å². The van der Waals surface area contributed by atoms with Gasteiger partial charge in [-0.05, 0) is 36.4 Å². The third-order valence-electron chi connectivity index (χ3n) is 4.79. The lowest BCUT2D eigenvalue weighted by molar-refractivity contribution is -0.115. The Kier molecular flexibility index (Phi) is 6.33. The van der Waals surface area contributed by atoms with E-state index < -0.39 is 0 Å². The van der Waals surface area contributed by atoms with Gasteiger partial charge in [0, 0.05) is 18.4 Å². The monoisotopic (exact) mass is 430 g/mol. The summed E-state index contributed by atoms with van der Waals surface area (Å²) in [5, 5.41) is 9.28. The Labute approximate surface area is 185 Å². The summed E-state index contributed by atoms with van der Waals surface area (Å²) in [4.78, 5) is 15.0. The first kappa shape index (κ1) is 20.7. The molecule has 6 nitrogen and oxygen atoms in total. The van der Waals surface area contributed by atoms with Crippen molar-refractivity contribution in [1.29, 1.82) is 0 Å². The lowest BCUT2D eigenvalue weighted by atomic mass is 10.2. The van der Waals surface area contributed by atoms with E-state index in [0.717, 1.165) is 22.7 Å². The predicted molar refractivity (Wildman–Crippen MR) is 124 cm³/mol. The number of benzene rings is 3. The van der Waals surface area contributed by atoms with Gasteiger partial charge in [-0.3, -0.25) is 9.69 Å². The van der Waals surface area contributed by atoms with Gasteiger partial charge in [0.05, 0.1) is 18.4 Å². The summed E-state index contributed by atoms with van der Waals surface area (Å²) in [7, 11) is 3.52. The highest BCUT2D eigenvalue weighted by Crippen LogP contribution is 2.31. The summed E-state index contributed by atoms with van der Waals surface area (Å²) in [5.74, 6) is 1.60. The molecule has 3 aromatic carbocycles. The van der Waals surface area contributed by atoms with Crippen LogP contribution in [-0.2, 0) is 11.8 Å². The number of ether oxygens (including phenoxy) is 1. The van der Waals surface area contributed by atoms with Gasteiger partial charge < -0.3 is 9.30 Å². The Morgan fingerprint density at radius 2 is 1.48 bits per heavy atom. The summed E-state index contributed by atoms with van der Waals surface area (Å²) < 4.78 is 7.32. The zero-order valence-electron chi connectivity index (χ0n) is 17.3. The maximum Gasteiger partial charge on any atom is 0.242 e. The van der Waals surface area contributed by atoms with E-state index in [1.165, 1.54) is 11.8 Å². The largest absolute Gasteiger partial charge is 0.496 e. The van der Waals surface area contributed by atoms with E-state index in [0.29, 0.717) is 11.0 Å². The number of nitrogens with zero attached hydrogens (tertiary/aromatic N) is 4. The van der Waals surface area contributed by atoms with Gasteiger partial charge in [0.25, 0.3) is 0 Å². The highest BCUT2D eigenvalue weighted by Gasteiger charge is 2.20. The molecule has 1 aromatic heterocycles. The molecule has 0 saturated heterocycles. The van der Waals surface area contributed by atoms with Gasteiger partial charge >= 0.3 is 0 Å². The van der Waals surface area contributed by atoms with Gasteiger partial charge in [-0.1, -0.05) is 60.3 Å². The molecule has 0 aliphatic rings. The molecular weight excluding hydrogens is 408 g/mol. The van der Waals surface area contributed by atoms with Crippen LogP contribution in [0.25, 0.3) is 11.4 Å². The zero-order chi connectivity index (χ0) is 21.6. The molecule has 4 aromatic rings. The average molecular weight is 431 g/mol. The van der Waals surface area contributed by atoms with E-state index in [1.54, 1.807) is 12.0 Å². The molecule has 4 rings (SSSR count). The Morgan fingerprint density at radius 3 is 2.10 bits per heavy atom. The highest BCUT2D eigenvalue weighted by molar-refractivity contribution is 7.99. The quantitative estimate of drug-likeness (QED) is 0.388. The first-order valence-corrected chi connectivity index (χ1v) is 10.8. The second-order valence-corrected chi connectivity index (χ2v) is 7.70. The number of hydrogen-bond donors (Lipinski definition) is 0. The van der Waals surface area contributed by atoms with Crippen LogP contribution in [0.3, 0.4) is 0 Å². The molecule has 156 valence electrons. The molecule has 1 amide bonds. The van der Waals surface area contributed by atoms with Gasteiger partial charge in [-0.25, -0.2) is 0 Å². The second-order valence-electron chi connectivity index (χ2n) is 6.75. The number of anilines is 2. The van der Waals surface area contributed by atoms with Crippen LogP contribution in [0.5, 0.6) is 5.75 Å². The highest BCUT2D eigenvalue weighted by atomic mass is 32.2. The summed E-state index contributed by atoms with van der Waals surface area (Å²) in [5.41, 5.74) is 2.51. The van der Waals surface area contributed by atoms with Crippen molar-refractivity contribution in [2.24, 2.45) is 7.05 Å². The molecule has 0 fully saturated rings. The average Bonchev–Trinajstić information content (AvgIpc) is 3.19. The van der Waals surface area contributed by atoms with Crippen LogP contribution in [0.4, 0.5) is 11.4 Å². The van der Waals surface area contributed by atoms with Crippen molar-refractivity contribution < 1.29 is 9.53 Å². The normalized spacial score (nSPS) is 10.6. The molecule has 31 heavy (non-hydrogen) atoms. The number of methoxy groups -OCH3 is 1. The summed E-state index contributed by atoms with van der Waals surface area (Å²) in [6.07, 6.45) is 0. The van der Waals surface area contributed by atoms with Crippen LogP contribution >= 0.6 is 11.8 Å². The van der Waals surface area contributed by atoms with Crippen LogP contribution in [0.1, 0.15) is 0 Å². The van der Waals surface area contributed by atoms with E-state index in [9.17, 15) is 4.79 Å². The van der Waals surface area contributed by atoms with Crippen molar-refractivity contribution in [3.8, 4) is 17.1 Å². The predicted octanol–water partition coefficient (Wildman–Crippen LogP) is 4.95. The molecule has 0 bridgehead atoms. The van der Waals surface area contributed by atoms with Crippen LogP contribution in [-0.4, -0.2) is 33.5 Å². The number of carbonyl (C=O) groups is 1. The van der Waals surface area contributed by atoms with Gasteiger partial charge in [0.2, 0.25) is 5.91 Å². The Bertz CT molecular complexity index is 1120. The molecule has 0 aliphatic carbocycles. The number of rotatable bonds is 7. The van der Waals surface area contributed by atoms with E-state index in [4.69, 9.17) is 4.74 Å². The number of amides is 1. The van der Waals surface area contributed by atoms with Crippen molar-refractivity contribution in [2.45, 2.75) is 5.16 Å². The van der Waals surface area contributed by atoms with Crippen molar-refractivity contribution in [3.05, 3.63) is 84.9 Å². The fourth-order valence-electron chi connectivity index (χ4n) is 3.29. The molecule has 0 unspecified atom stereocenters. The Morgan fingerprint density at radius 1 is 0.903 bits per heavy atom. The fraction of sp³-hybridized carbons (Fsp3) is 0.125. The number of para-hydroxylation sites is 3. The van der Waals surface area contributed by atoms with E-state index >= 15 is 0 Å². The van der Waals surface area contributed by atoms with Crippen LogP contribution in [0, 0.1) is 0 Å². The summed E-state index contributed by atoms with van der Waals surface area (Å²) in [6, 6.07) is 27.0. The molecule has 0 radical (unpaired) electrons. The van der Waals surface area contributed by atoms with Crippen molar-refractivity contribution in [3.63, 3.8) is 0 Å². The Hall–Kier alpha value is -3.58. The molecule has 0 saturated carbocycles. The standard InChI is InChI=1S/C24H22N4O2S/c1-27-23(20-15-9-10-16-21(20)30-2)25-26-24(27)31-17-22(29)28(18-11-5-3-6-12-18)19-13-7-4-8-14-19/h3-16H,17H2,1-2H3. The van der Waals surface area contributed by atoms with Crippen LogP contribution in [0.15, 0.2) is 90.1 Å². The summed E-state index contributed by atoms with van der Waals surface area (Å²) in [6.45, 7) is 0. The lowest BCUT2D eigenvalue weighted by Gasteiger charge is -2.22. The molecule has 0 N–H and O–H groups in total. The number of aromatic nitrogens is 3. The molecule has 0 spiro atoms. The van der Waals surface area contributed by atoms with Gasteiger partial charge in [0.1, 0.15) is 5.75 Å². The smallest absolute Gasteiger partial charge is 0.242 e. The molecule has 7 heteroatoms. The van der Waals surface area contributed by atoms with E-state index in [-0.39, 0.29) is 11.7 Å². The van der Waals surface area contributed by atoms with Gasteiger partial charge in [-0.2, -0.15) is 0 Å². The fourth-order valence-corrected chi connectivity index (χ4v) is 4.05. The Balaban J connectivity index is 1.56. The zero-order valence-corrected chi connectivity index (χ0v) is 18.1. The minimum absolute atomic E-state index is 0.0377. The lowest BCUT2D eigenvalue weighted by Crippen LogP contribution is -2.27. The minimum atomic E-state index is -0.0377. The van der Waals surface area contributed by atoms with Crippen molar-refractivity contribution >= 4 is 29.0 Å².